The zero-order valence-corrected chi connectivity index (χ0v) is 19.9. The number of hydrogen-bond donors (Lipinski definition) is 2. The van der Waals surface area contributed by atoms with Crippen molar-refractivity contribution in [2.45, 2.75) is 17.7 Å². The number of carbonyl (C=O) groups excluding carboxylic acids is 3. The Hall–Kier alpha value is -4.58. The van der Waals surface area contributed by atoms with Crippen molar-refractivity contribution >= 4 is 44.2 Å². The van der Waals surface area contributed by atoms with Crippen molar-refractivity contribution in [3.05, 3.63) is 95.3 Å². The smallest absolute Gasteiger partial charge is 0.284 e. The Morgan fingerprint density at radius 3 is 2.22 bits per heavy atom. The second-order valence-electron chi connectivity index (χ2n) is 7.99. The number of aromatic amines is 1. The molecule has 0 bridgehead atoms. The molecule has 3 N–H and O–H groups in total. The highest BCUT2D eigenvalue weighted by Crippen LogP contribution is 2.28. The molecule has 1 heterocycles. The normalized spacial score (nSPS) is 12.9. The Bertz CT molecular complexity index is 1660. The number of imidazole rings is 1. The van der Waals surface area contributed by atoms with E-state index in [9.17, 15) is 31.6 Å². The van der Waals surface area contributed by atoms with Gasteiger partial charge in [0.1, 0.15) is 23.4 Å². The van der Waals surface area contributed by atoms with Gasteiger partial charge in [-0.25, -0.2) is 13.8 Å². The van der Waals surface area contributed by atoms with Crippen molar-refractivity contribution < 1.29 is 31.6 Å². The number of Topliss-reactive ketones (excluding diaryl/α,β-unsaturated/α-hetero) is 3. The molecule has 1 aromatic heterocycles. The molecule has 0 saturated heterocycles. The summed E-state index contributed by atoms with van der Waals surface area (Å²) in [5.41, 5.74) is 5.65. The predicted octanol–water partition coefficient (Wildman–Crippen LogP) is 3.33. The number of aromatic nitrogens is 2. The molecule has 0 spiro atoms. The summed E-state index contributed by atoms with van der Waals surface area (Å²) in [6.45, 7) is 1.03. The topological polar surface area (TPSA) is 152 Å². The van der Waals surface area contributed by atoms with Crippen LogP contribution in [0.15, 0.2) is 76.0 Å². The highest BCUT2D eigenvalue weighted by atomic mass is 32.2. The molecule has 188 valence electrons. The number of benzene rings is 3. The van der Waals surface area contributed by atoms with Crippen LogP contribution in [0.25, 0.3) is 11.0 Å². The Kier molecular flexibility index (Phi) is 6.77. The number of amidine groups is 1. The maximum atomic E-state index is 13.9. The van der Waals surface area contributed by atoms with E-state index in [1.54, 1.807) is 24.3 Å². The van der Waals surface area contributed by atoms with E-state index in [2.05, 4.69) is 14.4 Å². The highest BCUT2D eigenvalue weighted by molar-refractivity contribution is 7.90. The average molecular weight is 525 g/mol. The first-order valence-electron chi connectivity index (χ1n) is 10.7. The van der Waals surface area contributed by atoms with Crippen molar-refractivity contribution in [1.82, 2.24) is 9.97 Å². The van der Waals surface area contributed by atoms with Gasteiger partial charge >= 0.3 is 0 Å². The minimum atomic E-state index is -4.47. The molecule has 12 heteroatoms. The zero-order valence-electron chi connectivity index (χ0n) is 19.1. The van der Waals surface area contributed by atoms with E-state index in [0.29, 0.717) is 17.1 Å². The van der Waals surface area contributed by atoms with Crippen LogP contribution in [0, 0.1) is 11.6 Å². The van der Waals surface area contributed by atoms with E-state index in [1.807, 2.05) is 0 Å². The standard InChI is InChI=1S/C25H18F2N4O5S/c1-13(32)24(28)31-37(35,36)18-6-4-5-14(11-18)22(33)21(23(34)15-9-16(26)12-17(27)10-15)25-29-19-7-2-3-8-20(19)30-25/h2-12,21H,1H3,(H2,28,31)(H,29,30). The molecule has 9 nitrogen and oxygen atoms in total. The van der Waals surface area contributed by atoms with Crippen LogP contribution >= 0.6 is 0 Å². The van der Waals surface area contributed by atoms with E-state index in [0.717, 1.165) is 31.2 Å². The van der Waals surface area contributed by atoms with Gasteiger partial charge in [0.15, 0.2) is 23.2 Å². The van der Waals surface area contributed by atoms with Gasteiger partial charge < -0.3 is 10.7 Å². The molecule has 1 atom stereocenters. The number of nitrogens with two attached hydrogens (primary N) is 1. The van der Waals surface area contributed by atoms with Gasteiger partial charge in [-0.05, 0) is 36.4 Å². The molecular weight excluding hydrogens is 506 g/mol. The number of para-hydroxylation sites is 2. The fraction of sp³-hybridized carbons (Fsp3) is 0.0800. The van der Waals surface area contributed by atoms with Crippen molar-refractivity contribution in [3.8, 4) is 0 Å². The van der Waals surface area contributed by atoms with Crippen LogP contribution in [-0.4, -0.2) is 41.6 Å². The van der Waals surface area contributed by atoms with E-state index in [1.165, 1.54) is 12.1 Å². The maximum Gasteiger partial charge on any atom is 0.284 e. The second kappa shape index (κ2) is 9.82. The van der Waals surface area contributed by atoms with Crippen LogP contribution in [0.4, 0.5) is 8.78 Å². The Balaban J connectivity index is 1.84. The number of sulfonamides is 1. The van der Waals surface area contributed by atoms with Crippen molar-refractivity contribution in [1.29, 1.82) is 0 Å². The van der Waals surface area contributed by atoms with Crippen LogP contribution in [0.3, 0.4) is 0 Å². The molecule has 0 aliphatic rings. The number of halogens is 2. The number of H-pyrrole nitrogens is 1. The first-order valence-corrected chi connectivity index (χ1v) is 12.1. The fourth-order valence-electron chi connectivity index (χ4n) is 3.56. The third-order valence-electron chi connectivity index (χ3n) is 5.35. The summed E-state index contributed by atoms with van der Waals surface area (Å²) in [4.78, 5) is 45.1. The molecule has 4 rings (SSSR count). The number of fused-ring (bicyclic) bond motifs is 1. The molecule has 0 saturated carbocycles. The summed E-state index contributed by atoms with van der Waals surface area (Å²) in [7, 11) is -4.47. The predicted molar refractivity (Wildman–Crippen MR) is 130 cm³/mol. The molecule has 4 aromatic rings. The van der Waals surface area contributed by atoms with Crippen LogP contribution in [-0.2, 0) is 14.8 Å². The number of carbonyl (C=O) groups is 3. The third kappa shape index (κ3) is 5.33. The summed E-state index contributed by atoms with van der Waals surface area (Å²) in [6, 6.07) is 13.4. The second-order valence-corrected chi connectivity index (χ2v) is 9.60. The highest BCUT2D eigenvalue weighted by Gasteiger charge is 2.34. The molecule has 0 aliphatic heterocycles. The van der Waals surface area contributed by atoms with Gasteiger partial charge in [0, 0.05) is 24.1 Å². The number of ketones is 3. The molecule has 1 unspecified atom stereocenters. The summed E-state index contributed by atoms with van der Waals surface area (Å²) < 4.78 is 56.2. The first kappa shape index (κ1) is 25.5. The van der Waals surface area contributed by atoms with Crippen LogP contribution < -0.4 is 5.73 Å². The molecule has 0 radical (unpaired) electrons. The van der Waals surface area contributed by atoms with Gasteiger partial charge in [0.2, 0.25) is 0 Å². The minimum Gasteiger partial charge on any atom is -0.380 e. The van der Waals surface area contributed by atoms with Gasteiger partial charge in [0.05, 0.1) is 15.9 Å². The Labute approximate surface area is 209 Å². The molecule has 3 aromatic carbocycles. The summed E-state index contributed by atoms with van der Waals surface area (Å²) in [5, 5.41) is 0. The van der Waals surface area contributed by atoms with Crippen molar-refractivity contribution in [2.24, 2.45) is 10.1 Å². The lowest BCUT2D eigenvalue weighted by molar-refractivity contribution is -0.111. The Morgan fingerprint density at radius 1 is 0.919 bits per heavy atom. The third-order valence-corrected chi connectivity index (χ3v) is 6.63. The number of rotatable bonds is 8. The van der Waals surface area contributed by atoms with Gasteiger partial charge in [-0.15, -0.1) is 4.40 Å². The zero-order chi connectivity index (χ0) is 26.9. The fourth-order valence-corrected chi connectivity index (χ4v) is 4.58. The lowest BCUT2D eigenvalue weighted by Gasteiger charge is -2.14. The lowest BCUT2D eigenvalue weighted by Crippen LogP contribution is -2.24. The van der Waals surface area contributed by atoms with Gasteiger partial charge in [-0.2, -0.15) is 8.42 Å². The van der Waals surface area contributed by atoms with Crippen molar-refractivity contribution in [2.75, 3.05) is 0 Å². The first-order chi connectivity index (χ1) is 17.5. The number of nitrogens with one attached hydrogen (secondary N) is 1. The van der Waals surface area contributed by atoms with Crippen LogP contribution in [0.5, 0.6) is 0 Å². The lowest BCUT2D eigenvalue weighted by atomic mass is 9.89. The summed E-state index contributed by atoms with van der Waals surface area (Å²) in [5.74, 6) is -7.22. The van der Waals surface area contributed by atoms with Crippen molar-refractivity contribution in [3.63, 3.8) is 0 Å². The molecule has 37 heavy (non-hydrogen) atoms. The maximum absolute atomic E-state index is 13.9. The van der Waals surface area contributed by atoms with Gasteiger partial charge in [0.25, 0.3) is 10.0 Å². The monoisotopic (exact) mass is 524 g/mol. The van der Waals surface area contributed by atoms with Crippen LogP contribution in [0.2, 0.25) is 0 Å². The molecular formula is C25H18F2N4O5S. The SMILES string of the molecule is CC(=O)C(N)=NS(=O)(=O)c1cccc(C(=O)C(C(=O)c2cc(F)cc(F)c2)c2nc3ccccc3[nH]2)c1. The quantitative estimate of drug-likeness (QED) is 0.155. The van der Waals surface area contributed by atoms with Gasteiger partial charge in [-0.1, -0.05) is 24.3 Å². The molecule has 0 fully saturated rings. The van der Waals surface area contributed by atoms with E-state index in [-0.39, 0.29) is 11.4 Å². The average Bonchev–Trinajstić information content (AvgIpc) is 3.26. The number of hydrogen-bond acceptors (Lipinski definition) is 6. The summed E-state index contributed by atoms with van der Waals surface area (Å²) in [6.07, 6.45) is 0. The van der Waals surface area contributed by atoms with Crippen LogP contribution in [0.1, 0.15) is 39.4 Å². The minimum absolute atomic E-state index is 0.104. The molecule has 0 amide bonds. The number of nitrogens with zero attached hydrogens (tertiary/aromatic N) is 2. The van der Waals surface area contributed by atoms with E-state index in [4.69, 9.17) is 5.73 Å². The van der Waals surface area contributed by atoms with E-state index >= 15 is 0 Å². The molecule has 0 aliphatic carbocycles. The largest absolute Gasteiger partial charge is 0.380 e. The van der Waals surface area contributed by atoms with Gasteiger partial charge in [-0.3, -0.25) is 14.4 Å². The Morgan fingerprint density at radius 2 is 1.57 bits per heavy atom. The summed E-state index contributed by atoms with van der Waals surface area (Å²) >= 11 is 0. The van der Waals surface area contributed by atoms with E-state index < -0.39 is 61.2 Å².